The lowest BCUT2D eigenvalue weighted by molar-refractivity contribution is 0.415. The summed E-state index contributed by atoms with van der Waals surface area (Å²) in [6.45, 7) is 4.96. The van der Waals surface area contributed by atoms with Crippen molar-refractivity contribution in [3.8, 4) is 17.1 Å². The van der Waals surface area contributed by atoms with E-state index < -0.39 is 0 Å². The van der Waals surface area contributed by atoms with Gasteiger partial charge in [0.05, 0.1) is 12.6 Å². The van der Waals surface area contributed by atoms with Crippen LogP contribution in [-0.2, 0) is 0 Å². The predicted octanol–water partition coefficient (Wildman–Crippen LogP) is 5.15. The summed E-state index contributed by atoms with van der Waals surface area (Å²) in [4.78, 5) is 9.57. The van der Waals surface area contributed by atoms with Crippen molar-refractivity contribution in [3.05, 3.63) is 70.5 Å². The number of halogens is 1. The second-order valence-electron chi connectivity index (χ2n) is 6.79. The molecule has 3 aromatic rings. The third-order valence-electron chi connectivity index (χ3n) is 4.71. The van der Waals surface area contributed by atoms with Gasteiger partial charge in [0.1, 0.15) is 11.6 Å². The molecule has 1 aromatic heterocycles. The summed E-state index contributed by atoms with van der Waals surface area (Å²) >= 11 is 6.04. The molecule has 142 valence electrons. The van der Waals surface area contributed by atoms with Gasteiger partial charge in [-0.3, -0.25) is 0 Å². The average Bonchev–Trinajstić information content (AvgIpc) is 2.70. The molecule has 1 aliphatic rings. The van der Waals surface area contributed by atoms with E-state index in [9.17, 15) is 0 Å². The van der Waals surface area contributed by atoms with Gasteiger partial charge in [-0.1, -0.05) is 11.6 Å². The molecular formula is C22H21ClN4O. The van der Waals surface area contributed by atoms with Crippen molar-refractivity contribution in [1.82, 2.24) is 15.3 Å². The van der Waals surface area contributed by atoms with Gasteiger partial charge in [0.2, 0.25) is 0 Å². The lowest BCUT2D eigenvalue weighted by atomic mass is 10.1. The van der Waals surface area contributed by atoms with Crippen molar-refractivity contribution in [3.63, 3.8) is 0 Å². The summed E-state index contributed by atoms with van der Waals surface area (Å²) in [5.74, 6) is 2.15. The highest BCUT2D eigenvalue weighted by atomic mass is 35.5. The van der Waals surface area contributed by atoms with Gasteiger partial charge in [0.25, 0.3) is 0 Å². The van der Waals surface area contributed by atoms with Crippen molar-refractivity contribution in [2.75, 3.05) is 19.0 Å². The van der Waals surface area contributed by atoms with Crippen LogP contribution < -0.4 is 15.4 Å². The maximum absolute atomic E-state index is 6.04. The Bertz CT molecular complexity index is 1100. The maximum atomic E-state index is 6.04. The van der Waals surface area contributed by atoms with Gasteiger partial charge < -0.3 is 15.4 Å². The third-order valence-corrected chi connectivity index (χ3v) is 4.96. The number of benzene rings is 2. The molecule has 6 heteroatoms. The van der Waals surface area contributed by atoms with E-state index >= 15 is 0 Å². The lowest BCUT2D eigenvalue weighted by Crippen LogP contribution is -2.21. The van der Waals surface area contributed by atoms with Crippen LogP contribution in [0.3, 0.4) is 0 Å². The number of allylic oxidation sites excluding steroid dienone is 2. The second-order valence-corrected chi connectivity index (χ2v) is 7.22. The van der Waals surface area contributed by atoms with Gasteiger partial charge in [-0.05, 0) is 61.9 Å². The number of nitrogens with one attached hydrogen (secondary N) is 2. The molecular weight excluding hydrogens is 372 g/mol. The molecule has 0 spiro atoms. The van der Waals surface area contributed by atoms with E-state index in [0.29, 0.717) is 10.8 Å². The standard InChI is InChI=1S/C22H21ClN4O/c1-13-12-24-14(2)10-19(13)25-22-18-9-8-17(28-3)11-20(18)26-21(27-22)15-4-6-16(23)7-5-15/h4-11,24H,12H2,1-3H3,(H,25,26,27). The quantitative estimate of drug-likeness (QED) is 0.642. The third kappa shape index (κ3) is 3.66. The normalized spacial score (nSPS) is 13.9. The SMILES string of the molecule is COc1ccc2c(NC3=C(C)CNC(C)=C3)nc(-c3ccc(Cl)cc3)nc2c1. The largest absolute Gasteiger partial charge is 0.497 e. The van der Waals surface area contributed by atoms with E-state index in [1.807, 2.05) is 42.5 Å². The van der Waals surface area contributed by atoms with Crippen LogP contribution in [-0.4, -0.2) is 23.6 Å². The lowest BCUT2D eigenvalue weighted by Gasteiger charge is -2.20. The Morgan fingerprint density at radius 1 is 1.07 bits per heavy atom. The van der Waals surface area contributed by atoms with Crippen molar-refractivity contribution < 1.29 is 4.74 Å². The number of ether oxygens (including phenoxy) is 1. The van der Waals surface area contributed by atoms with Crippen LogP contribution in [0.1, 0.15) is 13.8 Å². The van der Waals surface area contributed by atoms with Gasteiger partial charge in [-0.25, -0.2) is 9.97 Å². The summed E-state index contributed by atoms with van der Waals surface area (Å²) in [5.41, 5.74) is 5.11. The molecule has 0 saturated heterocycles. The maximum Gasteiger partial charge on any atom is 0.162 e. The van der Waals surface area contributed by atoms with Gasteiger partial charge >= 0.3 is 0 Å². The molecule has 0 fully saturated rings. The van der Waals surface area contributed by atoms with Crippen molar-refractivity contribution in [2.24, 2.45) is 0 Å². The Labute approximate surface area is 169 Å². The first-order chi connectivity index (χ1) is 13.5. The molecule has 28 heavy (non-hydrogen) atoms. The number of nitrogens with zero attached hydrogens (tertiary/aromatic N) is 2. The molecule has 2 N–H and O–H groups in total. The first kappa shape index (κ1) is 18.3. The number of rotatable bonds is 4. The number of dihydropyridines is 1. The molecule has 4 rings (SSSR count). The first-order valence-electron chi connectivity index (χ1n) is 9.04. The zero-order chi connectivity index (χ0) is 19.7. The number of hydrogen-bond donors (Lipinski definition) is 2. The number of aromatic nitrogens is 2. The zero-order valence-corrected chi connectivity index (χ0v) is 16.8. The smallest absolute Gasteiger partial charge is 0.162 e. The Morgan fingerprint density at radius 3 is 2.61 bits per heavy atom. The van der Waals surface area contributed by atoms with E-state index in [-0.39, 0.29) is 0 Å². The highest BCUT2D eigenvalue weighted by Crippen LogP contribution is 2.30. The van der Waals surface area contributed by atoms with Crippen molar-refractivity contribution in [2.45, 2.75) is 13.8 Å². The highest BCUT2D eigenvalue weighted by Gasteiger charge is 2.14. The molecule has 0 unspecified atom stereocenters. The van der Waals surface area contributed by atoms with Crippen molar-refractivity contribution >= 4 is 28.3 Å². The molecule has 0 amide bonds. The molecule has 2 heterocycles. The molecule has 2 aromatic carbocycles. The Kier molecular flexibility index (Phi) is 4.92. The van der Waals surface area contributed by atoms with Gasteiger partial charge in [0, 0.05) is 40.0 Å². The Morgan fingerprint density at radius 2 is 1.86 bits per heavy atom. The molecule has 0 radical (unpaired) electrons. The van der Waals surface area contributed by atoms with E-state index in [1.54, 1.807) is 7.11 Å². The Hall–Kier alpha value is -3.05. The first-order valence-corrected chi connectivity index (χ1v) is 9.42. The van der Waals surface area contributed by atoms with Gasteiger partial charge in [-0.2, -0.15) is 0 Å². The number of fused-ring (bicyclic) bond motifs is 1. The van der Waals surface area contributed by atoms with Crippen LogP contribution in [0.25, 0.3) is 22.3 Å². The topological polar surface area (TPSA) is 59.1 Å². The van der Waals surface area contributed by atoms with Crippen LogP contribution in [0.4, 0.5) is 5.82 Å². The average molecular weight is 393 g/mol. The van der Waals surface area contributed by atoms with Crippen LogP contribution in [0.15, 0.2) is 65.5 Å². The fourth-order valence-electron chi connectivity index (χ4n) is 3.09. The number of anilines is 1. The second kappa shape index (κ2) is 7.52. The van der Waals surface area contributed by atoms with Crippen LogP contribution >= 0.6 is 11.6 Å². The molecule has 0 aliphatic carbocycles. The minimum absolute atomic E-state index is 0.632. The van der Waals surface area contributed by atoms with Crippen LogP contribution in [0.5, 0.6) is 5.75 Å². The molecule has 1 aliphatic heterocycles. The fraction of sp³-hybridized carbons (Fsp3) is 0.182. The van der Waals surface area contributed by atoms with Gasteiger partial charge in [-0.15, -0.1) is 0 Å². The van der Waals surface area contributed by atoms with E-state index in [2.05, 4.69) is 30.6 Å². The minimum Gasteiger partial charge on any atom is -0.497 e. The van der Waals surface area contributed by atoms with Crippen LogP contribution in [0, 0.1) is 0 Å². The number of hydrogen-bond acceptors (Lipinski definition) is 5. The van der Waals surface area contributed by atoms with E-state index in [1.165, 1.54) is 5.57 Å². The minimum atomic E-state index is 0.632. The Balaban J connectivity index is 1.87. The van der Waals surface area contributed by atoms with E-state index in [4.69, 9.17) is 26.3 Å². The van der Waals surface area contributed by atoms with Gasteiger partial charge in [0.15, 0.2) is 5.82 Å². The van der Waals surface area contributed by atoms with Crippen molar-refractivity contribution in [1.29, 1.82) is 0 Å². The molecule has 5 nitrogen and oxygen atoms in total. The fourth-order valence-corrected chi connectivity index (χ4v) is 3.21. The monoisotopic (exact) mass is 392 g/mol. The molecule has 0 atom stereocenters. The summed E-state index contributed by atoms with van der Waals surface area (Å²) < 4.78 is 5.38. The van der Waals surface area contributed by atoms with Crippen LogP contribution in [0.2, 0.25) is 5.02 Å². The zero-order valence-electron chi connectivity index (χ0n) is 16.0. The predicted molar refractivity (Wildman–Crippen MR) is 115 cm³/mol. The summed E-state index contributed by atoms with van der Waals surface area (Å²) in [7, 11) is 1.65. The highest BCUT2D eigenvalue weighted by molar-refractivity contribution is 6.30. The number of methoxy groups -OCH3 is 1. The summed E-state index contributed by atoms with van der Waals surface area (Å²) in [6.07, 6.45) is 2.10. The van der Waals surface area contributed by atoms with E-state index in [0.717, 1.165) is 46.0 Å². The molecule has 0 bridgehead atoms. The molecule has 0 saturated carbocycles. The summed E-state index contributed by atoms with van der Waals surface area (Å²) in [5, 5.41) is 8.47. The summed E-state index contributed by atoms with van der Waals surface area (Å²) in [6, 6.07) is 13.4.